The van der Waals surface area contributed by atoms with Crippen molar-refractivity contribution in [2.45, 2.75) is 84.7 Å². The zero-order chi connectivity index (χ0) is 20.9. The van der Waals surface area contributed by atoms with Gasteiger partial charge in [-0.15, -0.1) is 0 Å². The number of aromatic nitrogens is 2. The number of hydrogen-bond acceptors (Lipinski definition) is 2. The van der Waals surface area contributed by atoms with Gasteiger partial charge >= 0.3 is 0 Å². The zero-order valence-electron chi connectivity index (χ0n) is 18.7. The van der Waals surface area contributed by atoms with E-state index in [1.54, 1.807) is 0 Å². The van der Waals surface area contributed by atoms with Crippen molar-refractivity contribution >= 4 is 5.91 Å². The minimum atomic E-state index is 0.0480. The van der Waals surface area contributed by atoms with Gasteiger partial charge in [0.1, 0.15) is 0 Å². The van der Waals surface area contributed by atoms with E-state index in [2.05, 4.69) is 55.0 Å². The molecule has 4 heteroatoms. The molecule has 0 saturated heterocycles. The van der Waals surface area contributed by atoms with Crippen molar-refractivity contribution in [2.75, 3.05) is 0 Å². The maximum absolute atomic E-state index is 13.6. The number of nitrogens with one attached hydrogen (secondary N) is 1. The Morgan fingerprint density at radius 3 is 2.63 bits per heavy atom. The number of hydrogen-bond donors (Lipinski definition) is 1. The molecule has 5 rings (SSSR count). The van der Waals surface area contributed by atoms with Gasteiger partial charge in [0, 0.05) is 17.3 Å². The molecular weight excluding hydrogens is 370 g/mol. The molecule has 2 fully saturated rings. The van der Waals surface area contributed by atoms with Crippen LogP contribution in [0.5, 0.6) is 0 Å². The van der Waals surface area contributed by atoms with Crippen molar-refractivity contribution in [3.05, 3.63) is 52.8 Å². The van der Waals surface area contributed by atoms with Gasteiger partial charge in [-0.3, -0.25) is 9.48 Å². The number of nitrogens with zero attached hydrogens (tertiary/aromatic N) is 2. The summed E-state index contributed by atoms with van der Waals surface area (Å²) < 4.78 is 2.11. The van der Waals surface area contributed by atoms with Gasteiger partial charge in [-0.05, 0) is 67.3 Å². The summed E-state index contributed by atoms with van der Waals surface area (Å²) in [6, 6.07) is 10.7. The second-order valence-electron chi connectivity index (χ2n) is 10.8. The number of benzene rings is 1. The quantitative estimate of drug-likeness (QED) is 0.716. The molecule has 3 aliphatic carbocycles. The minimum absolute atomic E-state index is 0.0480. The lowest BCUT2D eigenvalue weighted by Gasteiger charge is -2.43. The molecule has 160 valence electrons. The van der Waals surface area contributed by atoms with E-state index in [4.69, 9.17) is 5.10 Å². The molecule has 1 amide bonds. The smallest absolute Gasteiger partial charge is 0.272 e. The molecule has 1 aromatic heterocycles. The highest BCUT2D eigenvalue weighted by atomic mass is 16.2. The number of fused-ring (bicyclic) bond motifs is 3. The van der Waals surface area contributed by atoms with E-state index in [9.17, 15) is 4.79 Å². The molecule has 0 aliphatic heterocycles. The third-order valence-corrected chi connectivity index (χ3v) is 8.44. The van der Waals surface area contributed by atoms with Crippen molar-refractivity contribution in [3.8, 4) is 0 Å². The van der Waals surface area contributed by atoms with Gasteiger partial charge in [0.05, 0.1) is 6.54 Å². The lowest BCUT2D eigenvalue weighted by atomic mass is 9.68. The van der Waals surface area contributed by atoms with Crippen molar-refractivity contribution in [1.82, 2.24) is 15.1 Å². The first kappa shape index (κ1) is 19.8. The van der Waals surface area contributed by atoms with Crippen molar-refractivity contribution in [3.63, 3.8) is 0 Å². The third-order valence-electron chi connectivity index (χ3n) is 8.44. The van der Waals surface area contributed by atoms with Gasteiger partial charge in [-0.1, -0.05) is 57.5 Å². The highest BCUT2D eigenvalue weighted by Gasteiger charge is 2.59. The highest BCUT2D eigenvalue weighted by Crippen LogP contribution is 2.62. The van der Waals surface area contributed by atoms with E-state index in [1.165, 1.54) is 48.9 Å². The Balaban J connectivity index is 1.46. The fraction of sp³-hybridized carbons (Fsp3) is 0.615. The van der Waals surface area contributed by atoms with Crippen LogP contribution in [0.2, 0.25) is 0 Å². The summed E-state index contributed by atoms with van der Waals surface area (Å²) in [7, 11) is 0. The molecule has 2 bridgehead atoms. The summed E-state index contributed by atoms with van der Waals surface area (Å²) in [5.74, 6) is 0.771. The Labute approximate surface area is 180 Å². The van der Waals surface area contributed by atoms with Crippen LogP contribution in [0, 0.1) is 16.7 Å². The van der Waals surface area contributed by atoms with E-state index in [0.29, 0.717) is 5.69 Å². The lowest BCUT2D eigenvalue weighted by molar-refractivity contribution is 0.0731. The van der Waals surface area contributed by atoms with E-state index < -0.39 is 0 Å². The van der Waals surface area contributed by atoms with Crippen LogP contribution in [0.1, 0.15) is 86.6 Å². The van der Waals surface area contributed by atoms with Crippen LogP contribution in [0.4, 0.5) is 0 Å². The van der Waals surface area contributed by atoms with Crippen LogP contribution in [0.25, 0.3) is 0 Å². The maximum Gasteiger partial charge on any atom is 0.272 e. The molecule has 2 aromatic rings. The Hall–Kier alpha value is -2.10. The standard InChI is InChI=1S/C26H35N3O/c1-25(2)19-14-15-26(3,16-19)24(25)27-23(30)22-20-12-8-5-9-13-21(20)29(28-22)17-18-10-6-4-7-11-18/h4,6-7,10-11,19,24H,5,8-9,12-17H2,1-3H3,(H,27,30). The Morgan fingerprint density at radius 1 is 1.13 bits per heavy atom. The molecule has 4 nitrogen and oxygen atoms in total. The second-order valence-corrected chi connectivity index (χ2v) is 10.8. The fourth-order valence-corrected chi connectivity index (χ4v) is 6.78. The van der Waals surface area contributed by atoms with Crippen LogP contribution < -0.4 is 5.32 Å². The van der Waals surface area contributed by atoms with E-state index in [0.717, 1.165) is 31.7 Å². The van der Waals surface area contributed by atoms with Gasteiger partial charge < -0.3 is 5.32 Å². The first-order valence-electron chi connectivity index (χ1n) is 11.8. The summed E-state index contributed by atoms with van der Waals surface area (Å²) in [5, 5.41) is 8.40. The first-order valence-corrected chi connectivity index (χ1v) is 11.8. The largest absolute Gasteiger partial charge is 0.347 e. The van der Waals surface area contributed by atoms with Crippen LogP contribution in [-0.2, 0) is 19.4 Å². The van der Waals surface area contributed by atoms with Crippen LogP contribution in [0.3, 0.4) is 0 Å². The molecular formula is C26H35N3O. The summed E-state index contributed by atoms with van der Waals surface area (Å²) in [4.78, 5) is 13.6. The van der Waals surface area contributed by atoms with Crippen LogP contribution in [-0.4, -0.2) is 21.7 Å². The first-order chi connectivity index (χ1) is 14.4. The predicted octanol–water partition coefficient (Wildman–Crippen LogP) is 5.14. The molecule has 3 atom stereocenters. The number of carbonyl (C=O) groups excluding carboxylic acids is 1. The fourth-order valence-electron chi connectivity index (χ4n) is 6.78. The summed E-state index contributed by atoms with van der Waals surface area (Å²) in [6.07, 6.45) is 9.34. The molecule has 1 aromatic carbocycles. The average molecular weight is 406 g/mol. The van der Waals surface area contributed by atoms with Crippen molar-refractivity contribution in [2.24, 2.45) is 16.7 Å². The van der Waals surface area contributed by atoms with Gasteiger partial charge in [0.25, 0.3) is 5.91 Å². The second kappa shape index (κ2) is 7.25. The monoisotopic (exact) mass is 405 g/mol. The Morgan fingerprint density at radius 2 is 1.90 bits per heavy atom. The van der Waals surface area contributed by atoms with E-state index >= 15 is 0 Å². The topological polar surface area (TPSA) is 46.9 Å². The third kappa shape index (κ3) is 3.19. The van der Waals surface area contributed by atoms with Gasteiger partial charge in [0.2, 0.25) is 0 Å². The Kier molecular flexibility index (Phi) is 4.79. The molecule has 1 heterocycles. The van der Waals surface area contributed by atoms with Gasteiger partial charge in [-0.2, -0.15) is 5.10 Å². The summed E-state index contributed by atoms with van der Waals surface area (Å²) >= 11 is 0. The molecule has 3 aliphatic rings. The normalized spacial score (nSPS) is 29.4. The number of amides is 1. The molecule has 0 spiro atoms. The molecule has 1 N–H and O–H groups in total. The van der Waals surface area contributed by atoms with Crippen LogP contribution in [0.15, 0.2) is 30.3 Å². The summed E-state index contributed by atoms with van der Waals surface area (Å²) in [5.41, 5.74) is 4.79. The van der Waals surface area contributed by atoms with Gasteiger partial charge in [-0.25, -0.2) is 0 Å². The predicted molar refractivity (Wildman–Crippen MR) is 120 cm³/mol. The number of carbonyl (C=O) groups is 1. The molecule has 3 unspecified atom stereocenters. The highest BCUT2D eigenvalue weighted by molar-refractivity contribution is 5.94. The maximum atomic E-state index is 13.6. The van der Waals surface area contributed by atoms with Gasteiger partial charge in [0.15, 0.2) is 5.69 Å². The minimum Gasteiger partial charge on any atom is -0.347 e. The zero-order valence-corrected chi connectivity index (χ0v) is 18.7. The number of rotatable bonds is 4. The average Bonchev–Trinajstić information content (AvgIpc) is 3.25. The molecule has 0 radical (unpaired) electrons. The molecule has 30 heavy (non-hydrogen) atoms. The van der Waals surface area contributed by atoms with Crippen molar-refractivity contribution < 1.29 is 4.79 Å². The van der Waals surface area contributed by atoms with Crippen LogP contribution >= 0.6 is 0 Å². The van der Waals surface area contributed by atoms with E-state index in [1.807, 2.05) is 6.07 Å². The van der Waals surface area contributed by atoms with E-state index in [-0.39, 0.29) is 22.8 Å². The van der Waals surface area contributed by atoms with Crippen molar-refractivity contribution in [1.29, 1.82) is 0 Å². The SMILES string of the molecule is CC12CCC(C1)C(C)(C)C2NC(=O)c1nn(Cc2ccccc2)c2c1CCCCC2. The Bertz CT molecular complexity index is 940. The molecule has 2 saturated carbocycles. The summed E-state index contributed by atoms with van der Waals surface area (Å²) in [6.45, 7) is 7.81. The lowest BCUT2D eigenvalue weighted by Crippen LogP contribution is -2.52.